The zero-order valence-electron chi connectivity index (χ0n) is 16.8. The molecule has 0 fully saturated rings. The lowest BCUT2D eigenvalue weighted by Crippen LogP contribution is -2.37. The molecule has 2 aromatic heterocycles. The van der Waals surface area contributed by atoms with Crippen molar-refractivity contribution in [3.8, 4) is 17.0 Å². The molecule has 3 heterocycles. The first-order chi connectivity index (χ1) is 14.7. The van der Waals surface area contributed by atoms with Gasteiger partial charge in [0.05, 0.1) is 24.6 Å². The smallest absolute Gasteiger partial charge is 0.227 e. The van der Waals surface area contributed by atoms with E-state index in [4.69, 9.17) is 4.74 Å². The van der Waals surface area contributed by atoms with Crippen LogP contribution in [0.25, 0.3) is 22.3 Å². The Kier molecular flexibility index (Phi) is 4.67. The van der Waals surface area contributed by atoms with E-state index in [-0.39, 0.29) is 5.91 Å². The van der Waals surface area contributed by atoms with Crippen LogP contribution in [-0.4, -0.2) is 39.6 Å². The minimum atomic E-state index is 0.146. The lowest BCUT2D eigenvalue weighted by atomic mass is 9.95. The minimum Gasteiger partial charge on any atom is -0.497 e. The van der Waals surface area contributed by atoms with Crippen LogP contribution in [0.4, 0.5) is 0 Å². The monoisotopic (exact) mass is 398 g/mol. The summed E-state index contributed by atoms with van der Waals surface area (Å²) in [5, 5.41) is 8.60. The minimum absolute atomic E-state index is 0.146. The molecule has 0 saturated heterocycles. The molecule has 0 atom stereocenters. The second kappa shape index (κ2) is 7.63. The van der Waals surface area contributed by atoms with Crippen molar-refractivity contribution in [3.63, 3.8) is 0 Å². The zero-order valence-corrected chi connectivity index (χ0v) is 16.8. The van der Waals surface area contributed by atoms with Crippen LogP contribution in [0.2, 0.25) is 0 Å². The Bertz CT molecular complexity index is 1220. The van der Waals surface area contributed by atoms with Crippen LogP contribution >= 0.6 is 0 Å². The molecule has 150 valence electrons. The fraction of sp³-hybridized carbons (Fsp3) is 0.208. The summed E-state index contributed by atoms with van der Waals surface area (Å²) in [6, 6.07) is 17.8. The number of H-pyrrole nitrogens is 1. The quantitative estimate of drug-likeness (QED) is 0.568. The summed E-state index contributed by atoms with van der Waals surface area (Å²) in [6.45, 7) is 1.27. The molecule has 6 heteroatoms. The third-order valence-corrected chi connectivity index (χ3v) is 5.68. The number of hydrogen-bond acceptors (Lipinski definition) is 4. The number of rotatable bonds is 4. The maximum Gasteiger partial charge on any atom is 0.227 e. The summed E-state index contributed by atoms with van der Waals surface area (Å²) in [5.74, 6) is 0.942. The SMILES string of the molecule is COc1cccc(-c2[nH]nc3ncc4c(c23)CCN(C(=O)Cc2ccccc2)C4)c1. The predicted octanol–water partition coefficient (Wildman–Crippen LogP) is 3.76. The molecule has 0 radical (unpaired) electrons. The van der Waals surface area contributed by atoms with E-state index < -0.39 is 0 Å². The number of hydrogen-bond donors (Lipinski definition) is 1. The van der Waals surface area contributed by atoms with Gasteiger partial charge in [-0.15, -0.1) is 0 Å². The number of pyridine rings is 1. The number of nitrogens with one attached hydrogen (secondary N) is 1. The normalized spacial score (nSPS) is 13.3. The average molecular weight is 398 g/mol. The molecule has 6 nitrogen and oxygen atoms in total. The largest absolute Gasteiger partial charge is 0.497 e. The number of methoxy groups -OCH3 is 1. The Labute approximate surface area is 174 Å². The molecule has 2 aromatic carbocycles. The van der Waals surface area contributed by atoms with Crippen LogP contribution in [0, 0.1) is 0 Å². The van der Waals surface area contributed by atoms with Crippen LogP contribution in [0.1, 0.15) is 16.7 Å². The second-order valence-electron chi connectivity index (χ2n) is 7.52. The molecule has 30 heavy (non-hydrogen) atoms. The van der Waals surface area contributed by atoms with Gasteiger partial charge in [-0.2, -0.15) is 5.10 Å². The highest BCUT2D eigenvalue weighted by molar-refractivity contribution is 5.94. The van der Waals surface area contributed by atoms with E-state index >= 15 is 0 Å². The summed E-state index contributed by atoms with van der Waals surface area (Å²) < 4.78 is 5.37. The first-order valence-corrected chi connectivity index (χ1v) is 10.0. The standard InChI is InChI=1S/C24H22N4O2/c1-30-19-9-5-8-17(13-19)23-22-20-10-11-28(15-18(20)14-25-24(22)27-26-23)21(29)12-16-6-3-2-4-7-16/h2-9,13-14H,10-12,15H2,1H3,(H,25,26,27). The highest BCUT2D eigenvalue weighted by atomic mass is 16.5. The Morgan fingerprint density at radius 3 is 2.87 bits per heavy atom. The van der Waals surface area contributed by atoms with Gasteiger partial charge in [0.25, 0.3) is 0 Å². The summed E-state index contributed by atoms with van der Waals surface area (Å²) in [7, 11) is 1.66. The van der Waals surface area contributed by atoms with Crippen molar-refractivity contribution in [1.82, 2.24) is 20.1 Å². The van der Waals surface area contributed by atoms with Gasteiger partial charge in [0.15, 0.2) is 5.65 Å². The van der Waals surface area contributed by atoms with Gasteiger partial charge in [-0.1, -0.05) is 42.5 Å². The number of amides is 1. The molecule has 0 bridgehead atoms. The maximum atomic E-state index is 12.8. The van der Waals surface area contributed by atoms with Crippen molar-refractivity contribution < 1.29 is 9.53 Å². The van der Waals surface area contributed by atoms with Crippen LogP contribution in [0.5, 0.6) is 5.75 Å². The molecule has 5 rings (SSSR count). The summed E-state index contributed by atoms with van der Waals surface area (Å²) >= 11 is 0. The fourth-order valence-corrected chi connectivity index (χ4v) is 4.13. The third kappa shape index (κ3) is 3.30. The Morgan fingerprint density at radius 1 is 1.17 bits per heavy atom. The van der Waals surface area contributed by atoms with Crippen molar-refractivity contribution in [2.45, 2.75) is 19.4 Å². The van der Waals surface area contributed by atoms with Crippen LogP contribution in [0.15, 0.2) is 60.8 Å². The molecule has 0 aliphatic carbocycles. The Hall–Kier alpha value is -3.67. The number of nitrogens with zero attached hydrogens (tertiary/aromatic N) is 3. The fourth-order valence-electron chi connectivity index (χ4n) is 4.13. The van der Waals surface area contributed by atoms with E-state index in [2.05, 4.69) is 15.2 Å². The number of aromatic nitrogens is 3. The van der Waals surface area contributed by atoms with E-state index in [1.807, 2.05) is 65.7 Å². The highest BCUT2D eigenvalue weighted by Gasteiger charge is 2.25. The number of carbonyl (C=O) groups excluding carboxylic acids is 1. The molecule has 1 N–H and O–H groups in total. The first-order valence-electron chi connectivity index (χ1n) is 10.0. The van der Waals surface area contributed by atoms with Gasteiger partial charge < -0.3 is 9.64 Å². The van der Waals surface area contributed by atoms with Gasteiger partial charge in [0.1, 0.15) is 5.75 Å². The topological polar surface area (TPSA) is 71.1 Å². The third-order valence-electron chi connectivity index (χ3n) is 5.68. The number of carbonyl (C=O) groups is 1. The van der Waals surface area contributed by atoms with Gasteiger partial charge in [-0.25, -0.2) is 4.98 Å². The number of fused-ring (bicyclic) bond motifs is 3. The lowest BCUT2D eigenvalue weighted by molar-refractivity contribution is -0.131. The first kappa shape index (κ1) is 18.4. The van der Waals surface area contributed by atoms with Crippen molar-refractivity contribution in [3.05, 3.63) is 77.5 Å². The molecule has 0 spiro atoms. The molecule has 1 aliphatic heterocycles. The summed E-state index contributed by atoms with van der Waals surface area (Å²) in [4.78, 5) is 19.3. The molecule has 0 unspecified atom stereocenters. The van der Waals surface area contributed by atoms with Crippen molar-refractivity contribution in [1.29, 1.82) is 0 Å². The van der Waals surface area contributed by atoms with Crippen LogP contribution < -0.4 is 4.74 Å². The van der Waals surface area contributed by atoms with Crippen molar-refractivity contribution >= 4 is 16.9 Å². The molecule has 0 saturated carbocycles. The van der Waals surface area contributed by atoms with Gasteiger partial charge in [0, 0.05) is 24.8 Å². The molecule has 1 amide bonds. The number of ether oxygens (including phenoxy) is 1. The maximum absolute atomic E-state index is 12.8. The van der Waals surface area contributed by atoms with Crippen molar-refractivity contribution in [2.75, 3.05) is 13.7 Å². The van der Waals surface area contributed by atoms with Crippen LogP contribution in [-0.2, 0) is 24.2 Å². The Morgan fingerprint density at radius 2 is 2.03 bits per heavy atom. The second-order valence-corrected chi connectivity index (χ2v) is 7.52. The summed E-state index contributed by atoms with van der Waals surface area (Å²) in [5.41, 5.74) is 6.00. The number of benzene rings is 2. The predicted molar refractivity (Wildman–Crippen MR) is 115 cm³/mol. The summed E-state index contributed by atoms with van der Waals surface area (Å²) in [6.07, 6.45) is 3.06. The lowest BCUT2D eigenvalue weighted by Gasteiger charge is -2.29. The van der Waals surface area contributed by atoms with E-state index in [1.165, 1.54) is 5.56 Å². The molecular weight excluding hydrogens is 376 g/mol. The molecule has 1 aliphatic rings. The Balaban J connectivity index is 1.46. The van der Waals surface area contributed by atoms with Crippen LogP contribution in [0.3, 0.4) is 0 Å². The van der Waals surface area contributed by atoms with Gasteiger partial charge in [-0.05, 0) is 35.2 Å². The number of aromatic amines is 1. The molecular formula is C24H22N4O2. The van der Waals surface area contributed by atoms with E-state index in [9.17, 15) is 4.79 Å². The van der Waals surface area contributed by atoms with Gasteiger partial charge in [-0.3, -0.25) is 9.89 Å². The van der Waals surface area contributed by atoms with E-state index in [0.29, 0.717) is 25.2 Å². The molecule has 4 aromatic rings. The highest BCUT2D eigenvalue weighted by Crippen LogP contribution is 2.33. The van der Waals surface area contributed by atoms with Gasteiger partial charge >= 0.3 is 0 Å². The van der Waals surface area contributed by atoms with Crippen molar-refractivity contribution in [2.24, 2.45) is 0 Å². The van der Waals surface area contributed by atoms with Gasteiger partial charge in [0.2, 0.25) is 5.91 Å². The zero-order chi connectivity index (χ0) is 20.5. The van der Waals surface area contributed by atoms with E-state index in [0.717, 1.165) is 39.9 Å². The average Bonchev–Trinajstić information content (AvgIpc) is 3.24. The van der Waals surface area contributed by atoms with E-state index in [1.54, 1.807) is 7.11 Å².